The first kappa shape index (κ1) is 12.9. The highest BCUT2D eigenvalue weighted by atomic mass is 16.5. The molecule has 1 aliphatic rings. The molecule has 2 aromatic heterocycles. The predicted molar refractivity (Wildman–Crippen MR) is 70.1 cm³/mol. The summed E-state index contributed by atoms with van der Waals surface area (Å²) in [4.78, 5) is 13.8. The van der Waals surface area contributed by atoms with Crippen LogP contribution in [0.2, 0.25) is 0 Å². The molecule has 106 valence electrons. The van der Waals surface area contributed by atoms with Crippen molar-refractivity contribution in [2.45, 2.75) is 18.9 Å². The highest BCUT2D eigenvalue weighted by Crippen LogP contribution is 2.21. The van der Waals surface area contributed by atoms with Crippen molar-refractivity contribution in [3.63, 3.8) is 0 Å². The average Bonchev–Trinajstić information content (AvgIpc) is 3.18. The first-order chi connectivity index (χ1) is 9.74. The first-order valence-corrected chi connectivity index (χ1v) is 6.61. The van der Waals surface area contributed by atoms with Crippen LogP contribution in [0.1, 0.15) is 23.3 Å². The molecule has 2 aromatic rings. The number of hydrogen-bond donors (Lipinski definition) is 0. The second-order valence-electron chi connectivity index (χ2n) is 4.87. The normalized spacial score (nSPS) is 18.4. The number of likely N-dealkylation sites (N-methyl/N-ethyl adjacent to an activating group) is 1. The summed E-state index contributed by atoms with van der Waals surface area (Å²) in [5.41, 5.74) is 0.275. The van der Waals surface area contributed by atoms with Crippen LogP contribution in [-0.4, -0.2) is 42.3 Å². The standard InChI is InChI=1S/C14H16N2O4/c1-16(9-10-4-2-6-18-10)14(17)11-8-13(20-15-11)12-5-3-7-19-12/h3,5,7-8,10H,2,4,6,9H2,1H3. The van der Waals surface area contributed by atoms with E-state index in [0.29, 0.717) is 18.1 Å². The quantitative estimate of drug-likeness (QED) is 0.856. The summed E-state index contributed by atoms with van der Waals surface area (Å²) in [6.07, 6.45) is 3.72. The number of aromatic nitrogens is 1. The molecule has 1 fully saturated rings. The molecule has 0 bridgehead atoms. The van der Waals surface area contributed by atoms with Gasteiger partial charge in [0, 0.05) is 26.3 Å². The van der Waals surface area contributed by atoms with Gasteiger partial charge in [-0.05, 0) is 25.0 Å². The van der Waals surface area contributed by atoms with Gasteiger partial charge in [0.2, 0.25) is 5.76 Å². The second kappa shape index (κ2) is 5.50. The molecule has 1 unspecified atom stereocenters. The fourth-order valence-electron chi connectivity index (χ4n) is 2.28. The zero-order valence-electron chi connectivity index (χ0n) is 11.2. The molecule has 6 nitrogen and oxygen atoms in total. The van der Waals surface area contributed by atoms with Crippen molar-refractivity contribution in [1.29, 1.82) is 0 Å². The topological polar surface area (TPSA) is 68.7 Å². The molecule has 1 saturated heterocycles. The Bertz CT molecular complexity index is 570. The number of amides is 1. The summed E-state index contributed by atoms with van der Waals surface area (Å²) in [6.45, 7) is 1.35. The van der Waals surface area contributed by atoms with Crippen molar-refractivity contribution in [2.24, 2.45) is 0 Å². The molecular formula is C14H16N2O4. The van der Waals surface area contributed by atoms with E-state index in [1.807, 2.05) is 0 Å². The number of ether oxygens (including phenoxy) is 1. The molecule has 0 N–H and O–H groups in total. The molecule has 20 heavy (non-hydrogen) atoms. The summed E-state index contributed by atoms with van der Waals surface area (Å²) < 4.78 is 15.9. The number of nitrogens with zero attached hydrogens (tertiary/aromatic N) is 2. The molecule has 0 spiro atoms. The summed E-state index contributed by atoms with van der Waals surface area (Å²) in [7, 11) is 1.74. The summed E-state index contributed by atoms with van der Waals surface area (Å²) in [6, 6.07) is 5.10. The number of rotatable bonds is 4. The van der Waals surface area contributed by atoms with Crippen molar-refractivity contribution in [2.75, 3.05) is 20.2 Å². The van der Waals surface area contributed by atoms with Crippen molar-refractivity contribution in [3.8, 4) is 11.5 Å². The number of carbonyl (C=O) groups is 1. The second-order valence-corrected chi connectivity index (χ2v) is 4.87. The molecule has 3 heterocycles. The zero-order valence-corrected chi connectivity index (χ0v) is 11.2. The van der Waals surface area contributed by atoms with Crippen molar-refractivity contribution >= 4 is 5.91 Å². The minimum atomic E-state index is -0.179. The summed E-state index contributed by atoms with van der Waals surface area (Å²) >= 11 is 0. The molecule has 6 heteroatoms. The van der Waals surface area contributed by atoms with Crippen LogP contribution in [0, 0.1) is 0 Å². The summed E-state index contributed by atoms with van der Waals surface area (Å²) in [5.74, 6) is 0.823. The lowest BCUT2D eigenvalue weighted by Crippen LogP contribution is -2.34. The van der Waals surface area contributed by atoms with Gasteiger partial charge >= 0.3 is 0 Å². The fourth-order valence-corrected chi connectivity index (χ4v) is 2.28. The van der Waals surface area contributed by atoms with Gasteiger partial charge in [-0.15, -0.1) is 0 Å². The maximum absolute atomic E-state index is 12.2. The van der Waals surface area contributed by atoms with E-state index in [1.165, 1.54) is 0 Å². The van der Waals surface area contributed by atoms with Crippen molar-refractivity contribution in [3.05, 3.63) is 30.2 Å². The monoisotopic (exact) mass is 276 g/mol. The Labute approximate surface area is 116 Å². The lowest BCUT2D eigenvalue weighted by atomic mass is 10.2. The van der Waals surface area contributed by atoms with Crippen LogP contribution in [0.25, 0.3) is 11.5 Å². The molecule has 0 aromatic carbocycles. The highest BCUT2D eigenvalue weighted by Gasteiger charge is 2.23. The summed E-state index contributed by atoms with van der Waals surface area (Å²) in [5, 5.41) is 3.80. The third kappa shape index (κ3) is 2.60. The Morgan fingerprint density at radius 3 is 3.10 bits per heavy atom. The van der Waals surface area contributed by atoms with Gasteiger partial charge in [-0.1, -0.05) is 5.16 Å². The fraction of sp³-hybridized carbons (Fsp3) is 0.429. The van der Waals surface area contributed by atoms with Crippen molar-refractivity contribution in [1.82, 2.24) is 10.1 Å². The third-order valence-electron chi connectivity index (χ3n) is 3.34. The van der Waals surface area contributed by atoms with Crippen LogP contribution >= 0.6 is 0 Å². The predicted octanol–water partition coefficient (Wildman–Crippen LogP) is 2.19. The van der Waals surface area contributed by atoms with E-state index in [2.05, 4.69) is 5.16 Å². The Balaban J connectivity index is 1.67. The number of furan rings is 1. The highest BCUT2D eigenvalue weighted by molar-refractivity contribution is 5.92. The van der Waals surface area contributed by atoms with E-state index < -0.39 is 0 Å². The van der Waals surface area contributed by atoms with E-state index in [1.54, 1.807) is 36.4 Å². The van der Waals surface area contributed by atoms with Crippen LogP contribution in [0.15, 0.2) is 33.4 Å². The van der Waals surface area contributed by atoms with Crippen LogP contribution in [0.5, 0.6) is 0 Å². The molecule has 3 rings (SSSR count). The molecule has 0 aliphatic carbocycles. The van der Waals surface area contributed by atoms with Gasteiger partial charge in [0.25, 0.3) is 5.91 Å². The average molecular weight is 276 g/mol. The van der Waals surface area contributed by atoms with Gasteiger partial charge in [0.05, 0.1) is 12.4 Å². The lowest BCUT2D eigenvalue weighted by molar-refractivity contribution is 0.0579. The lowest BCUT2D eigenvalue weighted by Gasteiger charge is -2.19. The first-order valence-electron chi connectivity index (χ1n) is 6.61. The SMILES string of the molecule is CN(CC1CCCO1)C(=O)c1cc(-c2ccco2)on1. The van der Waals surface area contributed by atoms with Crippen LogP contribution in [-0.2, 0) is 4.74 Å². The molecule has 1 aliphatic heterocycles. The van der Waals surface area contributed by atoms with Crippen molar-refractivity contribution < 1.29 is 18.5 Å². The van der Waals surface area contributed by atoms with E-state index in [-0.39, 0.29) is 17.7 Å². The molecule has 0 saturated carbocycles. The van der Waals surface area contributed by atoms with E-state index in [0.717, 1.165) is 19.4 Å². The van der Waals surface area contributed by atoms with Crippen LogP contribution < -0.4 is 0 Å². The van der Waals surface area contributed by atoms with Crippen LogP contribution in [0.4, 0.5) is 0 Å². The minimum Gasteiger partial charge on any atom is -0.461 e. The molecule has 0 radical (unpaired) electrons. The smallest absolute Gasteiger partial charge is 0.275 e. The van der Waals surface area contributed by atoms with Crippen LogP contribution in [0.3, 0.4) is 0 Å². The maximum atomic E-state index is 12.2. The van der Waals surface area contributed by atoms with Gasteiger partial charge in [0.15, 0.2) is 11.5 Å². The van der Waals surface area contributed by atoms with Gasteiger partial charge in [0.1, 0.15) is 0 Å². The number of hydrogen-bond acceptors (Lipinski definition) is 5. The van der Waals surface area contributed by atoms with E-state index in [9.17, 15) is 4.79 Å². The Morgan fingerprint density at radius 2 is 2.40 bits per heavy atom. The third-order valence-corrected chi connectivity index (χ3v) is 3.34. The molecule has 1 amide bonds. The van der Waals surface area contributed by atoms with E-state index >= 15 is 0 Å². The van der Waals surface area contributed by atoms with Gasteiger partial charge < -0.3 is 18.6 Å². The maximum Gasteiger partial charge on any atom is 0.275 e. The number of carbonyl (C=O) groups excluding carboxylic acids is 1. The van der Waals surface area contributed by atoms with Gasteiger partial charge in [-0.3, -0.25) is 4.79 Å². The Hall–Kier alpha value is -2.08. The van der Waals surface area contributed by atoms with E-state index in [4.69, 9.17) is 13.7 Å². The zero-order chi connectivity index (χ0) is 13.9. The Kier molecular flexibility index (Phi) is 3.56. The largest absolute Gasteiger partial charge is 0.461 e. The molecule has 1 atom stereocenters. The van der Waals surface area contributed by atoms with Gasteiger partial charge in [-0.2, -0.15) is 0 Å². The molecular weight excluding hydrogens is 260 g/mol. The van der Waals surface area contributed by atoms with Gasteiger partial charge in [-0.25, -0.2) is 0 Å². The Morgan fingerprint density at radius 1 is 1.50 bits per heavy atom. The minimum absolute atomic E-state index is 0.125.